The Morgan fingerprint density at radius 3 is 2.67 bits per heavy atom. The zero-order chi connectivity index (χ0) is 12.9. The minimum Gasteiger partial charge on any atom is -0.358 e. The van der Waals surface area contributed by atoms with Crippen LogP contribution < -0.4 is 0 Å². The first-order valence-corrected chi connectivity index (χ1v) is 6.37. The lowest BCUT2D eigenvalue weighted by molar-refractivity contribution is 0.360. The fourth-order valence-corrected chi connectivity index (χ4v) is 2.59. The molecule has 1 unspecified atom stereocenters. The number of ether oxygens (including phenoxy) is 1. The molecule has 2 atom stereocenters. The van der Waals surface area contributed by atoms with E-state index in [4.69, 9.17) is 4.74 Å². The third-order valence-electron chi connectivity index (χ3n) is 3.36. The molecule has 1 aromatic carbocycles. The molecule has 94 valence electrons. The van der Waals surface area contributed by atoms with Gasteiger partial charge in [0.15, 0.2) is 5.60 Å². The molecule has 1 saturated heterocycles. The van der Waals surface area contributed by atoms with Gasteiger partial charge in [-0.05, 0) is 12.1 Å². The monoisotopic (exact) mass is 313 g/mol. The van der Waals surface area contributed by atoms with Crippen LogP contribution in [0.2, 0.25) is 0 Å². The summed E-state index contributed by atoms with van der Waals surface area (Å²) in [6.45, 7) is 2.35. The molecular formula is C13H10BrF2NO. The number of allylic oxidation sites excluding steroid dienone is 1. The van der Waals surface area contributed by atoms with Crippen molar-refractivity contribution < 1.29 is 13.5 Å². The molecule has 2 aliphatic heterocycles. The highest BCUT2D eigenvalue weighted by Crippen LogP contribution is 2.46. The predicted octanol–water partition coefficient (Wildman–Crippen LogP) is 3.52. The number of halogens is 3. The number of nitrogens with zero attached hydrogens (tertiary/aromatic N) is 1. The second-order valence-corrected chi connectivity index (χ2v) is 5.41. The van der Waals surface area contributed by atoms with Crippen molar-refractivity contribution in [2.45, 2.75) is 12.5 Å². The van der Waals surface area contributed by atoms with Crippen molar-refractivity contribution in [2.24, 2.45) is 10.9 Å². The highest BCUT2D eigenvalue weighted by atomic mass is 79.9. The number of aliphatic imine (C=N–C) groups is 1. The Labute approximate surface area is 111 Å². The van der Waals surface area contributed by atoms with Crippen molar-refractivity contribution in [3.05, 3.63) is 46.1 Å². The molecule has 0 aromatic heterocycles. The maximum absolute atomic E-state index is 13.9. The fourth-order valence-electron chi connectivity index (χ4n) is 2.27. The lowest BCUT2D eigenvalue weighted by atomic mass is 9.88. The Hall–Kier alpha value is -1.07. The van der Waals surface area contributed by atoms with Crippen LogP contribution in [0.1, 0.15) is 12.5 Å². The molecule has 2 nitrogen and oxygen atoms in total. The molecule has 5 heteroatoms. The van der Waals surface area contributed by atoms with Gasteiger partial charge in [-0.15, -0.1) is 0 Å². The van der Waals surface area contributed by atoms with Gasteiger partial charge in [0.25, 0.3) is 0 Å². The molecule has 0 saturated carbocycles. The van der Waals surface area contributed by atoms with Gasteiger partial charge in [-0.1, -0.05) is 22.9 Å². The molecule has 0 aliphatic carbocycles. The lowest BCUT2D eigenvalue weighted by Gasteiger charge is -2.17. The molecule has 0 bridgehead atoms. The molecule has 2 heterocycles. The summed E-state index contributed by atoms with van der Waals surface area (Å²) in [5.41, 5.74) is 0.299. The van der Waals surface area contributed by atoms with Gasteiger partial charge in [-0.3, -0.25) is 4.99 Å². The first-order chi connectivity index (χ1) is 8.54. The molecule has 0 spiro atoms. The number of hydrogen-bond donors (Lipinski definition) is 0. The van der Waals surface area contributed by atoms with E-state index in [0.29, 0.717) is 12.2 Å². The van der Waals surface area contributed by atoms with Crippen LogP contribution >= 0.6 is 15.9 Å². The van der Waals surface area contributed by atoms with E-state index in [-0.39, 0.29) is 5.92 Å². The topological polar surface area (TPSA) is 24.9 Å². The van der Waals surface area contributed by atoms with Crippen molar-refractivity contribution in [1.29, 1.82) is 0 Å². The van der Waals surface area contributed by atoms with Gasteiger partial charge in [0.1, 0.15) is 11.6 Å². The summed E-state index contributed by atoms with van der Waals surface area (Å²) in [5.74, 6) is -1.13. The third-order valence-corrected chi connectivity index (χ3v) is 4.26. The zero-order valence-electron chi connectivity index (χ0n) is 9.58. The summed E-state index contributed by atoms with van der Waals surface area (Å²) in [6.07, 6.45) is 1.70. The Bertz CT molecular complexity index is 578. The van der Waals surface area contributed by atoms with Crippen LogP contribution in [0.5, 0.6) is 0 Å². The second-order valence-electron chi connectivity index (χ2n) is 4.49. The van der Waals surface area contributed by atoms with Gasteiger partial charge < -0.3 is 4.74 Å². The van der Waals surface area contributed by atoms with Crippen molar-refractivity contribution in [2.75, 3.05) is 6.61 Å². The van der Waals surface area contributed by atoms with Crippen molar-refractivity contribution in [1.82, 2.24) is 0 Å². The van der Waals surface area contributed by atoms with Crippen LogP contribution in [0.3, 0.4) is 0 Å². The zero-order valence-corrected chi connectivity index (χ0v) is 11.2. The summed E-state index contributed by atoms with van der Waals surface area (Å²) in [5, 5.41) is 0. The highest BCUT2D eigenvalue weighted by Gasteiger charge is 2.55. The molecule has 0 amide bonds. The van der Waals surface area contributed by atoms with Gasteiger partial charge in [0, 0.05) is 28.2 Å². The minimum atomic E-state index is -0.816. The third kappa shape index (κ3) is 1.65. The normalized spacial score (nSPS) is 30.1. The lowest BCUT2D eigenvalue weighted by Crippen LogP contribution is -2.27. The molecule has 3 rings (SSSR count). The summed E-state index contributed by atoms with van der Waals surface area (Å²) in [4.78, 5) is 4.29. The largest absolute Gasteiger partial charge is 0.358 e. The van der Waals surface area contributed by atoms with Gasteiger partial charge in [-0.2, -0.15) is 0 Å². The maximum Gasteiger partial charge on any atom is 0.158 e. The van der Waals surface area contributed by atoms with Crippen LogP contribution in [0.25, 0.3) is 0 Å². The molecule has 1 aromatic rings. The molecular weight excluding hydrogens is 304 g/mol. The smallest absolute Gasteiger partial charge is 0.158 e. The summed E-state index contributed by atoms with van der Waals surface area (Å²) < 4.78 is 33.2. The quantitative estimate of drug-likeness (QED) is 0.767. The van der Waals surface area contributed by atoms with E-state index in [2.05, 4.69) is 20.9 Å². The van der Waals surface area contributed by atoms with E-state index in [1.54, 1.807) is 6.20 Å². The van der Waals surface area contributed by atoms with Crippen molar-refractivity contribution in [3.8, 4) is 0 Å². The van der Waals surface area contributed by atoms with Crippen molar-refractivity contribution >= 4 is 21.6 Å². The summed E-state index contributed by atoms with van der Waals surface area (Å²) >= 11 is 3.40. The number of epoxide rings is 1. The van der Waals surface area contributed by atoms with Gasteiger partial charge in [0.05, 0.1) is 12.3 Å². The van der Waals surface area contributed by atoms with E-state index < -0.39 is 17.2 Å². The van der Waals surface area contributed by atoms with E-state index >= 15 is 0 Å². The van der Waals surface area contributed by atoms with Crippen LogP contribution in [-0.4, -0.2) is 12.3 Å². The van der Waals surface area contributed by atoms with Crippen molar-refractivity contribution in [3.63, 3.8) is 0 Å². The van der Waals surface area contributed by atoms with E-state index in [1.165, 1.54) is 12.1 Å². The van der Waals surface area contributed by atoms with Gasteiger partial charge in [0.2, 0.25) is 0 Å². The van der Waals surface area contributed by atoms with E-state index in [0.717, 1.165) is 16.3 Å². The summed E-state index contributed by atoms with van der Waals surface area (Å²) in [7, 11) is 0. The summed E-state index contributed by atoms with van der Waals surface area (Å²) in [6, 6.07) is 3.55. The second kappa shape index (κ2) is 3.96. The Morgan fingerprint density at radius 2 is 2.17 bits per heavy atom. The predicted molar refractivity (Wildman–Crippen MR) is 67.6 cm³/mol. The van der Waals surface area contributed by atoms with Gasteiger partial charge in [-0.25, -0.2) is 8.78 Å². The number of hydrogen-bond acceptors (Lipinski definition) is 2. The maximum atomic E-state index is 13.9. The van der Waals surface area contributed by atoms with Gasteiger partial charge >= 0.3 is 0 Å². The Balaban J connectivity index is 2.02. The molecule has 18 heavy (non-hydrogen) atoms. The molecule has 0 N–H and O–H groups in total. The molecule has 0 radical (unpaired) electrons. The van der Waals surface area contributed by atoms with E-state index in [1.807, 2.05) is 6.92 Å². The standard InChI is InChI=1S/C13H10BrF2NO/c1-7-10(14)5-17-12(7)13(6-18-13)9-3-2-8(15)4-11(9)16/h2-5,7H,6H2,1H3/t7?,13-/m0/s1. The van der Waals surface area contributed by atoms with E-state index in [9.17, 15) is 8.78 Å². The molecule has 2 aliphatic rings. The SMILES string of the molecule is CC1C(Br)=CN=C1[C@@]1(c2ccc(F)cc2F)CO1. The Morgan fingerprint density at radius 1 is 1.44 bits per heavy atom. The number of rotatable bonds is 2. The first-order valence-electron chi connectivity index (χ1n) is 5.58. The van der Waals surface area contributed by atoms with Crippen LogP contribution in [0.4, 0.5) is 8.78 Å². The fraction of sp³-hybridized carbons (Fsp3) is 0.308. The van der Waals surface area contributed by atoms with Crippen LogP contribution in [-0.2, 0) is 10.3 Å². The molecule has 1 fully saturated rings. The average Bonchev–Trinajstić information content (AvgIpc) is 3.03. The average molecular weight is 314 g/mol. The Kier molecular flexibility index (Phi) is 2.64. The van der Waals surface area contributed by atoms with Crippen LogP contribution in [0.15, 0.2) is 33.9 Å². The minimum absolute atomic E-state index is 0.0527. The first kappa shape index (κ1) is 12.0. The highest BCUT2D eigenvalue weighted by molar-refractivity contribution is 9.11. The number of benzene rings is 1. The van der Waals surface area contributed by atoms with Crippen LogP contribution in [0, 0.1) is 17.6 Å².